The second-order valence-corrected chi connectivity index (χ2v) is 9.97. The molecule has 0 saturated heterocycles. The summed E-state index contributed by atoms with van der Waals surface area (Å²) in [5, 5.41) is 0.515. The number of carbonyl (C=O) groups is 2. The average Bonchev–Trinajstić information content (AvgIpc) is 2.97. The third kappa shape index (κ3) is 14.2. The van der Waals surface area contributed by atoms with Crippen molar-refractivity contribution in [3.63, 3.8) is 0 Å². The van der Waals surface area contributed by atoms with Crippen LogP contribution in [0, 0.1) is 30.5 Å². The predicted molar refractivity (Wildman–Crippen MR) is 168 cm³/mol. The van der Waals surface area contributed by atoms with Crippen molar-refractivity contribution >= 4 is 37.5 Å². The molecule has 3 unspecified atom stereocenters. The van der Waals surface area contributed by atoms with Gasteiger partial charge in [-0.2, -0.15) is 23.3 Å². The molecule has 0 heterocycles. The normalized spacial score (nSPS) is 13.1. The van der Waals surface area contributed by atoms with Gasteiger partial charge < -0.3 is 25.9 Å². The molecule has 0 aromatic heterocycles. The quantitative estimate of drug-likeness (QED) is 0.188. The van der Waals surface area contributed by atoms with Gasteiger partial charge in [0.25, 0.3) is 0 Å². The van der Waals surface area contributed by atoms with Crippen molar-refractivity contribution < 1.29 is 74.5 Å². The minimum absolute atomic E-state index is 0. The van der Waals surface area contributed by atoms with Crippen molar-refractivity contribution in [2.75, 3.05) is 6.54 Å². The molecule has 228 valence electrons. The number of hydrogen-bond acceptors (Lipinski definition) is 5. The van der Waals surface area contributed by atoms with Crippen molar-refractivity contribution in [3.05, 3.63) is 111 Å². The molecular formula is C34H41ClF2KN2O3-. The van der Waals surface area contributed by atoms with Crippen LogP contribution < -0.4 is 62.9 Å². The molecule has 5 nitrogen and oxygen atoms in total. The maximum Gasteiger partial charge on any atom is 1.00 e. The first-order valence-electron chi connectivity index (χ1n) is 13.5. The number of rotatable bonds is 11. The molecule has 0 saturated carbocycles. The van der Waals surface area contributed by atoms with E-state index in [1.807, 2.05) is 65.5 Å². The largest absolute Gasteiger partial charge is 1.00 e. The van der Waals surface area contributed by atoms with E-state index >= 15 is 0 Å². The number of benzene rings is 3. The minimum Gasteiger partial charge on any atom is -0.419 e. The van der Waals surface area contributed by atoms with Gasteiger partial charge in [-0.3, -0.25) is 0 Å². The molecular weight excluding hydrogens is 597 g/mol. The fourth-order valence-electron chi connectivity index (χ4n) is 4.95. The third-order valence-corrected chi connectivity index (χ3v) is 6.63. The van der Waals surface area contributed by atoms with Crippen LogP contribution in [0.4, 0.5) is 8.78 Å². The molecule has 0 spiro atoms. The van der Waals surface area contributed by atoms with E-state index < -0.39 is 23.1 Å². The summed E-state index contributed by atoms with van der Waals surface area (Å²) in [5.74, 6) is -1.88. The van der Waals surface area contributed by atoms with Crippen molar-refractivity contribution in [2.24, 2.45) is 17.4 Å². The van der Waals surface area contributed by atoms with Crippen molar-refractivity contribution in [2.45, 2.75) is 58.4 Å². The fourth-order valence-corrected chi connectivity index (χ4v) is 5.15. The van der Waals surface area contributed by atoms with Crippen LogP contribution in [0.15, 0.2) is 66.2 Å². The van der Waals surface area contributed by atoms with Crippen LogP contribution in [0.3, 0.4) is 0 Å². The maximum atomic E-state index is 14.3. The third-order valence-electron chi connectivity index (χ3n) is 6.40. The Balaban J connectivity index is 0. The Bertz CT molecular complexity index is 1280. The Morgan fingerprint density at radius 2 is 1.74 bits per heavy atom. The van der Waals surface area contributed by atoms with Gasteiger partial charge in [0.15, 0.2) is 0 Å². The van der Waals surface area contributed by atoms with Gasteiger partial charge in [0.1, 0.15) is 25.2 Å². The van der Waals surface area contributed by atoms with E-state index in [0.717, 1.165) is 22.8 Å². The molecule has 3 aromatic rings. The summed E-state index contributed by atoms with van der Waals surface area (Å²) in [6.45, 7) is 12.2. The van der Waals surface area contributed by atoms with Gasteiger partial charge in [-0.1, -0.05) is 57.5 Å². The zero-order valence-corrected chi connectivity index (χ0v) is 29.6. The second-order valence-electron chi connectivity index (χ2n) is 9.53. The molecule has 0 aliphatic rings. The Labute approximate surface area is 302 Å². The summed E-state index contributed by atoms with van der Waals surface area (Å²) < 4.78 is 27.7. The molecule has 0 aliphatic carbocycles. The van der Waals surface area contributed by atoms with Gasteiger partial charge in [-0.05, 0) is 73.3 Å². The molecule has 0 bridgehead atoms. The van der Waals surface area contributed by atoms with E-state index in [4.69, 9.17) is 32.7 Å². The molecule has 0 radical (unpaired) electrons. The van der Waals surface area contributed by atoms with Crippen LogP contribution in [0.5, 0.6) is 0 Å². The Morgan fingerprint density at radius 1 is 1.09 bits per heavy atom. The van der Waals surface area contributed by atoms with Crippen LogP contribution >= 0.6 is 11.6 Å². The van der Waals surface area contributed by atoms with Crippen LogP contribution in [0.2, 0.25) is 5.02 Å². The topological polar surface area (TPSA) is 103 Å². The van der Waals surface area contributed by atoms with Crippen LogP contribution in [-0.2, 0) is 20.8 Å². The van der Waals surface area contributed by atoms with E-state index in [0.29, 0.717) is 35.4 Å². The van der Waals surface area contributed by atoms with E-state index in [1.54, 1.807) is 24.3 Å². The Morgan fingerprint density at radius 3 is 2.28 bits per heavy atom. The van der Waals surface area contributed by atoms with Gasteiger partial charge in [-0.15, -0.1) is 17.7 Å². The number of halogens is 3. The SMILES string of the molecule is C=O.C=O.CC.Cc1cc[c-]c(/C=C(\[C-]=O)C(c2cccc(Cl)c2)C(N)(CCN)CC(C)Cc2ccc(F)cc2F)c1.[K+]. The molecule has 3 atom stereocenters. The minimum atomic E-state index is -0.970. The van der Waals surface area contributed by atoms with Gasteiger partial charge in [-0.25, -0.2) is 14.9 Å². The summed E-state index contributed by atoms with van der Waals surface area (Å²) in [4.78, 5) is 28.4. The summed E-state index contributed by atoms with van der Waals surface area (Å²) in [6.07, 6.45) is 5.04. The Kier molecular flexibility index (Phi) is 23.6. The second kappa shape index (κ2) is 23.5. The van der Waals surface area contributed by atoms with E-state index in [9.17, 15) is 13.6 Å². The number of nitrogens with two attached hydrogens (primary N) is 2. The first kappa shape index (κ1) is 43.2. The van der Waals surface area contributed by atoms with E-state index in [2.05, 4.69) is 12.4 Å². The first-order chi connectivity index (χ1) is 20.1. The Hall–Kier alpha value is -1.88. The first-order valence-corrected chi connectivity index (χ1v) is 13.9. The maximum absolute atomic E-state index is 14.3. The molecule has 0 aliphatic heterocycles. The van der Waals surface area contributed by atoms with Gasteiger partial charge >= 0.3 is 51.4 Å². The van der Waals surface area contributed by atoms with E-state index in [-0.39, 0.29) is 63.8 Å². The molecule has 9 heteroatoms. The average molecular weight is 638 g/mol. The van der Waals surface area contributed by atoms with E-state index in [1.165, 1.54) is 12.1 Å². The zero-order valence-electron chi connectivity index (χ0n) is 25.8. The number of hydrogen-bond donors (Lipinski definition) is 2. The summed E-state index contributed by atoms with van der Waals surface area (Å²) in [6, 6.07) is 19.6. The van der Waals surface area contributed by atoms with Gasteiger partial charge in [0.2, 0.25) is 0 Å². The number of carbonyl (C=O) groups excluding carboxylic acids is 3. The van der Waals surface area contributed by atoms with Crippen molar-refractivity contribution in [1.29, 1.82) is 0 Å². The smallest absolute Gasteiger partial charge is 0.419 e. The summed E-state index contributed by atoms with van der Waals surface area (Å²) in [7, 11) is 0. The molecule has 4 N–H and O–H groups in total. The standard InChI is InChI=1S/C30H31ClF2N2O.C2H6.2CH2O.K/c1-20-5-3-6-22(13-20)15-25(19-36)29(24-7-4-8-26(31)16-24)30(35,11-12-34)18-21(2)14-23-9-10-27(32)17-28(23)33;3*1-2;/h3-5,7-10,13,15-17,21,29H,11-12,14,18,34-35H2,1-2H3;1-2H3;2*1H2;/q-2;;;;+1/b25-15+;;;;. The van der Waals surface area contributed by atoms with Crippen molar-refractivity contribution in [3.8, 4) is 0 Å². The molecule has 3 rings (SSSR count). The summed E-state index contributed by atoms with van der Waals surface area (Å²) >= 11 is 6.33. The molecule has 0 amide bonds. The molecule has 43 heavy (non-hydrogen) atoms. The zero-order chi connectivity index (χ0) is 32.3. The summed E-state index contributed by atoms with van der Waals surface area (Å²) in [5.41, 5.74) is 15.4. The van der Waals surface area contributed by atoms with Crippen LogP contribution in [0.25, 0.3) is 6.08 Å². The molecule has 3 aromatic carbocycles. The molecule has 0 fully saturated rings. The monoisotopic (exact) mass is 637 g/mol. The number of aryl methyl sites for hydroxylation is 1. The van der Waals surface area contributed by atoms with Crippen molar-refractivity contribution in [1.82, 2.24) is 0 Å². The predicted octanol–water partition coefficient (Wildman–Crippen LogP) is 3.98. The van der Waals surface area contributed by atoms with Crippen LogP contribution in [-0.4, -0.2) is 31.9 Å². The van der Waals surface area contributed by atoms with Gasteiger partial charge in [0, 0.05) is 16.6 Å². The van der Waals surface area contributed by atoms with Gasteiger partial charge in [0.05, 0.1) is 0 Å². The fraction of sp³-hybridized carbons (Fsp3) is 0.324. The van der Waals surface area contributed by atoms with Crippen LogP contribution in [0.1, 0.15) is 61.8 Å².